The van der Waals surface area contributed by atoms with Crippen molar-refractivity contribution in [3.63, 3.8) is 0 Å². The summed E-state index contributed by atoms with van der Waals surface area (Å²) in [6.45, 7) is 5.14. The van der Waals surface area contributed by atoms with Gasteiger partial charge in [-0.1, -0.05) is 19.1 Å². The topological polar surface area (TPSA) is 84.4 Å². The van der Waals surface area contributed by atoms with Gasteiger partial charge in [0.15, 0.2) is 0 Å². The number of nitrogens with one attached hydrogen (secondary N) is 2. The van der Waals surface area contributed by atoms with Gasteiger partial charge in [0, 0.05) is 25.7 Å². The normalized spacial score (nSPS) is 14.3. The van der Waals surface area contributed by atoms with Crippen molar-refractivity contribution in [3.05, 3.63) is 12.2 Å². The molecule has 94 valence electrons. The van der Waals surface area contributed by atoms with Crippen LogP contribution in [0.3, 0.4) is 0 Å². The zero-order valence-corrected chi connectivity index (χ0v) is 14.0. The van der Waals surface area contributed by atoms with Crippen molar-refractivity contribution < 1.29 is 66.4 Å². The molecule has 0 radical (unpaired) electrons. The summed E-state index contributed by atoms with van der Waals surface area (Å²) in [5.41, 5.74) is 0. The van der Waals surface area contributed by atoms with E-state index in [0.29, 0.717) is 19.6 Å². The molecule has 0 aromatic rings. The zero-order valence-electron chi connectivity index (χ0n) is 10.9. The Morgan fingerprint density at radius 1 is 1.47 bits per heavy atom. The third-order valence-electron chi connectivity index (χ3n) is 2.05. The summed E-state index contributed by atoms with van der Waals surface area (Å²) < 4.78 is 0. The van der Waals surface area contributed by atoms with Gasteiger partial charge in [0.1, 0.15) is 0 Å². The fourth-order valence-corrected chi connectivity index (χ4v) is 1.07. The van der Waals surface area contributed by atoms with E-state index in [1.165, 1.54) is 6.92 Å². The number of aliphatic hydroxyl groups is 1. The summed E-state index contributed by atoms with van der Waals surface area (Å²) in [6.07, 6.45) is 4.06. The number of carbonyl (C=O) groups is 1. The Kier molecular flexibility index (Phi) is 15.5. The molecule has 0 bridgehead atoms. The van der Waals surface area contributed by atoms with Gasteiger partial charge in [-0.15, -0.1) is 0 Å². The van der Waals surface area contributed by atoms with E-state index in [4.69, 9.17) is 0 Å². The Morgan fingerprint density at radius 2 is 2.12 bits per heavy atom. The molecule has 0 aromatic heterocycles. The van der Waals surface area contributed by atoms with Gasteiger partial charge < -0.3 is 25.6 Å². The summed E-state index contributed by atoms with van der Waals surface area (Å²) >= 11 is 0. The van der Waals surface area contributed by atoms with Crippen LogP contribution in [0.4, 0.5) is 0 Å². The van der Waals surface area contributed by atoms with Crippen molar-refractivity contribution in [1.29, 1.82) is 0 Å². The first-order valence-electron chi connectivity index (χ1n) is 5.57. The van der Waals surface area contributed by atoms with Crippen LogP contribution in [0.1, 0.15) is 20.3 Å². The number of aliphatic hydroxyl groups excluding tert-OH is 1. The summed E-state index contributed by atoms with van der Waals surface area (Å²) in [6, 6.07) is -0.647. The molecule has 0 aliphatic rings. The summed E-state index contributed by atoms with van der Waals surface area (Å²) in [5.74, 6) is -1.11. The maximum Gasteiger partial charge on any atom is 1.00 e. The van der Waals surface area contributed by atoms with Gasteiger partial charge in [-0.3, -0.25) is 0 Å². The first kappa shape index (κ1) is 20.1. The fourth-order valence-electron chi connectivity index (χ4n) is 1.07. The van der Waals surface area contributed by atoms with Crippen LogP contribution in [0.25, 0.3) is 0 Å². The van der Waals surface area contributed by atoms with Crippen molar-refractivity contribution in [2.45, 2.75) is 32.4 Å². The summed E-state index contributed by atoms with van der Waals surface area (Å²) in [4.78, 5) is 10.3. The summed E-state index contributed by atoms with van der Waals surface area (Å²) in [5, 5.41) is 25.5. The molecule has 17 heavy (non-hydrogen) atoms. The molecule has 0 rings (SSSR count). The van der Waals surface area contributed by atoms with E-state index in [9.17, 15) is 15.0 Å². The number of aliphatic carboxylic acids is 1. The fraction of sp³-hybridized carbons (Fsp3) is 0.727. The number of carboxylic acid groups (broad SMARTS) is 1. The Hall–Kier alpha value is 0.726. The van der Waals surface area contributed by atoms with Crippen molar-refractivity contribution in [1.82, 2.24) is 10.6 Å². The molecular formula is C11H21KN2O3. The number of hydrogen-bond donors (Lipinski definition) is 3. The minimum atomic E-state index is -1.11. The first-order valence-corrected chi connectivity index (χ1v) is 5.57. The molecule has 0 amide bonds. The third-order valence-corrected chi connectivity index (χ3v) is 2.05. The minimum Gasteiger partial charge on any atom is -0.548 e. The average molecular weight is 268 g/mol. The number of allylic oxidation sites excluding steroid dienone is 1. The Balaban J connectivity index is 0. The SMILES string of the molecule is CC/C=C/C(O)CNCCNC(C)C(=O)[O-].[K+]. The second kappa shape index (κ2) is 13.2. The molecule has 0 heterocycles. The minimum absolute atomic E-state index is 0. The molecule has 0 aromatic carbocycles. The van der Waals surface area contributed by atoms with E-state index in [-0.39, 0.29) is 51.4 Å². The summed E-state index contributed by atoms with van der Waals surface area (Å²) in [7, 11) is 0. The Bertz CT molecular complexity index is 225. The van der Waals surface area contributed by atoms with Crippen LogP contribution in [0.5, 0.6) is 0 Å². The predicted octanol–water partition coefficient (Wildman–Crippen LogP) is -4.36. The molecule has 0 saturated heterocycles. The second-order valence-corrected chi connectivity index (χ2v) is 3.60. The quantitative estimate of drug-likeness (QED) is 0.224. The Labute approximate surface area is 145 Å². The van der Waals surface area contributed by atoms with E-state index in [1.807, 2.05) is 13.0 Å². The predicted molar refractivity (Wildman–Crippen MR) is 60.8 cm³/mol. The number of carboxylic acids is 1. The third kappa shape index (κ3) is 13.0. The van der Waals surface area contributed by atoms with E-state index < -0.39 is 18.1 Å². The van der Waals surface area contributed by atoms with Crippen molar-refractivity contribution >= 4 is 5.97 Å². The molecule has 0 fully saturated rings. The van der Waals surface area contributed by atoms with Gasteiger partial charge >= 0.3 is 51.4 Å². The molecular weight excluding hydrogens is 247 g/mol. The standard InChI is InChI=1S/C11H22N2O3.K/c1-3-4-5-10(14)8-12-6-7-13-9(2)11(15)16;/h4-5,9-10,12-14H,3,6-8H2,1-2H3,(H,15,16);/q;+1/p-1/b5-4+;. The smallest absolute Gasteiger partial charge is 0.548 e. The van der Waals surface area contributed by atoms with E-state index in [2.05, 4.69) is 10.6 Å². The zero-order chi connectivity index (χ0) is 12.4. The maximum absolute atomic E-state index is 10.3. The van der Waals surface area contributed by atoms with Crippen molar-refractivity contribution in [2.24, 2.45) is 0 Å². The number of carbonyl (C=O) groups excluding carboxylic acids is 1. The van der Waals surface area contributed by atoms with Crippen LogP contribution in [0.15, 0.2) is 12.2 Å². The van der Waals surface area contributed by atoms with Crippen LogP contribution in [0, 0.1) is 0 Å². The Morgan fingerprint density at radius 3 is 2.65 bits per heavy atom. The van der Waals surface area contributed by atoms with Crippen molar-refractivity contribution in [3.8, 4) is 0 Å². The number of hydrogen-bond acceptors (Lipinski definition) is 5. The molecule has 0 aliphatic heterocycles. The maximum atomic E-state index is 10.3. The number of rotatable bonds is 9. The van der Waals surface area contributed by atoms with E-state index >= 15 is 0 Å². The van der Waals surface area contributed by atoms with Gasteiger partial charge in [0.25, 0.3) is 0 Å². The van der Waals surface area contributed by atoms with Crippen LogP contribution >= 0.6 is 0 Å². The van der Waals surface area contributed by atoms with Gasteiger partial charge in [-0.2, -0.15) is 0 Å². The monoisotopic (exact) mass is 268 g/mol. The first-order chi connectivity index (χ1) is 7.57. The second-order valence-electron chi connectivity index (χ2n) is 3.60. The molecule has 0 spiro atoms. The molecule has 0 aliphatic carbocycles. The molecule has 6 heteroatoms. The average Bonchev–Trinajstić information content (AvgIpc) is 2.25. The molecule has 2 unspecified atom stereocenters. The van der Waals surface area contributed by atoms with Crippen molar-refractivity contribution in [2.75, 3.05) is 19.6 Å². The van der Waals surface area contributed by atoms with Crippen LogP contribution < -0.4 is 67.1 Å². The van der Waals surface area contributed by atoms with Crippen LogP contribution in [-0.4, -0.2) is 42.9 Å². The van der Waals surface area contributed by atoms with Crippen LogP contribution in [-0.2, 0) is 4.79 Å². The largest absolute Gasteiger partial charge is 1.00 e. The van der Waals surface area contributed by atoms with Crippen LogP contribution in [0.2, 0.25) is 0 Å². The van der Waals surface area contributed by atoms with E-state index in [1.54, 1.807) is 6.08 Å². The van der Waals surface area contributed by atoms with Gasteiger partial charge in [-0.05, 0) is 13.3 Å². The van der Waals surface area contributed by atoms with E-state index in [0.717, 1.165) is 6.42 Å². The van der Waals surface area contributed by atoms with Gasteiger partial charge in [-0.25, -0.2) is 0 Å². The molecule has 2 atom stereocenters. The van der Waals surface area contributed by atoms with Gasteiger partial charge in [0.05, 0.1) is 12.1 Å². The molecule has 0 saturated carbocycles. The molecule has 5 nitrogen and oxygen atoms in total. The van der Waals surface area contributed by atoms with Gasteiger partial charge in [0.2, 0.25) is 0 Å². The molecule has 3 N–H and O–H groups in total.